The Hall–Kier alpha value is -3.08. The topological polar surface area (TPSA) is 61.8 Å². The molecule has 2 aromatic rings. The number of ether oxygens (including phenoxy) is 3. The zero-order chi connectivity index (χ0) is 21.6. The highest BCUT2D eigenvalue weighted by Crippen LogP contribution is 2.19. The van der Waals surface area contributed by atoms with Crippen LogP contribution in [0.1, 0.15) is 54.4 Å². The summed E-state index contributed by atoms with van der Waals surface area (Å²) < 4.78 is 16.1. The molecular weight excluding hydrogens is 380 g/mol. The van der Waals surface area contributed by atoms with Crippen LogP contribution < -0.4 is 9.47 Å². The number of unbranched alkanes of at least 4 members (excludes halogenated alkanes) is 5. The third-order valence-corrected chi connectivity index (χ3v) is 4.60. The lowest BCUT2D eigenvalue weighted by atomic mass is 10.1. The number of benzene rings is 2. The third kappa shape index (κ3) is 8.52. The highest BCUT2D eigenvalue weighted by molar-refractivity contribution is 5.91. The molecule has 0 aliphatic heterocycles. The zero-order valence-electron chi connectivity index (χ0n) is 17.6. The maximum absolute atomic E-state index is 12.3. The number of para-hydroxylation sites is 1. The molecule has 2 rings (SSSR count). The standard InChI is InChI=1S/C25H30O5/c1-3-24(26)29-19-11-7-5-4-6-10-18-28-22-16-14-21(15-17-22)25(27)30-23-13-9-8-12-20(23)2/h3,8-9,12-17H,1,4-7,10-11,18-19H2,2H3. The average Bonchev–Trinajstić information content (AvgIpc) is 2.76. The fourth-order valence-corrected chi connectivity index (χ4v) is 2.85. The number of hydrogen-bond acceptors (Lipinski definition) is 5. The highest BCUT2D eigenvalue weighted by Gasteiger charge is 2.10. The normalized spacial score (nSPS) is 10.3. The first kappa shape index (κ1) is 23.2. The predicted molar refractivity (Wildman–Crippen MR) is 117 cm³/mol. The Morgan fingerprint density at radius 2 is 1.50 bits per heavy atom. The Morgan fingerprint density at radius 3 is 2.17 bits per heavy atom. The van der Waals surface area contributed by atoms with E-state index in [9.17, 15) is 9.59 Å². The second kappa shape index (κ2) is 13.2. The van der Waals surface area contributed by atoms with Crippen molar-refractivity contribution in [3.05, 3.63) is 72.3 Å². The molecule has 0 amide bonds. The summed E-state index contributed by atoms with van der Waals surface area (Å²) >= 11 is 0. The van der Waals surface area contributed by atoms with Crippen molar-refractivity contribution < 1.29 is 23.8 Å². The van der Waals surface area contributed by atoms with Gasteiger partial charge in [-0.15, -0.1) is 0 Å². The van der Waals surface area contributed by atoms with Crippen LogP contribution in [0.25, 0.3) is 0 Å². The molecule has 0 radical (unpaired) electrons. The summed E-state index contributed by atoms with van der Waals surface area (Å²) in [6.45, 7) is 6.37. The monoisotopic (exact) mass is 410 g/mol. The van der Waals surface area contributed by atoms with Gasteiger partial charge < -0.3 is 14.2 Å². The van der Waals surface area contributed by atoms with E-state index < -0.39 is 0 Å². The van der Waals surface area contributed by atoms with Crippen molar-refractivity contribution >= 4 is 11.9 Å². The van der Waals surface area contributed by atoms with Crippen LogP contribution in [-0.2, 0) is 9.53 Å². The van der Waals surface area contributed by atoms with Gasteiger partial charge in [0.25, 0.3) is 0 Å². The van der Waals surface area contributed by atoms with E-state index in [0.717, 1.165) is 49.8 Å². The van der Waals surface area contributed by atoms with Gasteiger partial charge in [-0.05, 0) is 55.7 Å². The number of esters is 2. The summed E-state index contributed by atoms with van der Waals surface area (Å²) in [5.74, 6) is 0.575. The Balaban J connectivity index is 1.58. The summed E-state index contributed by atoms with van der Waals surface area (Å²) in [7, 11) is 0. The second-order valence-electron chi connectivity index (χ2n) is 7.02. The summed E-state index contributed by atoms with van der Waals surface area (Å²) in [4.78, 5) is 23.2. The van der Waals surface area contributed by atoms with Gasteiger partial charge in [0.05, 0.1) is 18.8 Å². The van der Waals surface area contributed by atoms with Gasteiger partial charge in [-0.2, -0.15) is 0 Å². The molecule has 0 spiro atoms. The first-order valence-electron chi connectivity index (χ1n) is 10.4. The van der Waals surface area contributed by atoms with Crippen LogP contribution in [0, 0.1) is 6.92 Å². The quantitative estimate of drug-likeness (QED) is 0.184. The molecule has 0 N–H and O–H groups in total. The van der Waals surface area contributed by atoms with Gasteiger partial charge in [0.2, 0.25) is 0 Å². The van der Waals surface area contributed by atoms with Crippen molar-refractivity contribution in [1.82, 2.24) is 0 Å². The summed E-state index contributed by atoms with van der Waals surface area (Å²) in [5, 5.41) is 0. The predicted octanol–water partition coefficient (Wildman–Crippen LogP) is 5.66. The second-order valence-corrected chi connectivity index (χ2v) is 7.02. The Labute approximate surface area is 178 Å². The number of aryl methyl sites for hydroxylation is 1. The molecule has 2 aromatic carbocycles. The van der Waals surface area contributed by atoms with E-state index in [4.69, 9.17) is 14.2 Å². The van der Waals surface area contributed by atoms with Gasteiger partial charge in [0.15, 0.2) is 0 Å². The first-order chi connectivity index (χ1) is 14.6. The molecule has 0 atom stereocenters. The van der Waals surface area contributed by atoms with Crippen LogP contribution in [0.5, 0.6) is 11.5 Å². The van der Waals surface area contributed by atoms with Gasteiger partial charge in [-0.1, -0.05) is 50.5 Å². The first-order valence-corrected chi connectivity index (χ1v) is 10.4. The van der Waals surface area contributed by atoms with Crippen LogP contribution in [0.3, 0.4) is 0 Å². The maximum atomic E-state index is 12.3. The largest absolute Gasteiger partial charge is 0.494 e. The average molecular weight is 411 g/mol. The Morgan fingerprint density at radius 1 is 0.867 bits per heavy atom. The van der Waals surface area contributed by atoms with Gasteiger partial charge >= 0.3 is 11.9 Å². The smallest absolute Gasteiger partial charge is 0.343 e. The van der Waals surface area contributed by atoms with Crippen molar-refractivity contribution in [2.75, 3.05) is 13.2 Å². The molecule has 0 unspecified atom stereocenters. The molecule has 0 fully saturated rings. The fourth-order valence-electron chi connectivity index (χ4n) is 2.85. The minimum absolute atomic E-state index is 0.358. The molecule has 0 saturated heterocycles. The summed E-state index contributed by atoms with van der Waals surface area (Å²) in [6.07, 6.45) is 7.42. The van der Waals surface area contributed by atoms with Gasteiger partial charge in [-0.3, -0.25) is 0 Å². The van der Waals surface area contributed by atoms with E-state index >= 15 is 0 Å². The zero-order valence-corrected chi connectivity index (χ0v) is 17.6. The van der Waals surface area contributed by atoms with E-state index in [1.165, 1.54) is 6.08 Å². The minimum Gasteiger partial charge on any atom is -0.494 e. The lowest BCUT2D eigenvalue weighted by Crippen LogP contribution is -2.09. The number of rotatable bonds is 13. The SMILES string of the molecule is C=CC(=O)OCCCCCCCCOc1ccc(C(=O)Oc2ccccc2C)cc1. The van der Waals surface area contributed by atoms with Crippen LogP contribution in [0.15, 0.2) is 61.2 Å². The number of carbonyl (C=O) groups is 2. The molecule has 0 aromatic heterocycles. The van der Waals surface area contributed by atoms with E-state index in [-0.39, 0.29) is 11.9 Å². The van der Waals surface area contributed by atoms with E-state index in [2.05, 4.69) is 6.58 Å². The van der Waals surface area contributed by atoms with Crippen LogP contribution >= 0.6 is 0 Å². The van der Waals surface area contributed by atoms with Crippen molar-refractivity contribution in [2.45, 2.75) is 45.4 Å². The fraction of sp³-hybridized carbons (Fsp3) is 0.360. The van der Waals surface area contributed by atoms with Crippen LogP contribution in [0.2, 0.25) is 0 Å². The van der Waals surface area contributed by atoms with Crippen molar-refractivity contribution in [1.29, 1.82) is 0 Å². The minimum atomic E-state index is -0.380. The van der Waals surface area contributed by atoms with Gasteiger partial charge in [0.1, 0.15) is 11.5 Å². The van der Waals surface area contributed by atoms with Gasteiger partial charge in [0, 0.05) is 6.08 Å². The lowest BCUT2D eigenvalue weighted by Gasteiger charge is -2.09. The molecular formula is C25H30O5. The lowest BCUT2D eigenvalue weighted by molar-refractivity contribution is -0.137. The molecule has 0 saturated carbocycles. The van der Waals surface area contributed by atoms with E-state index in [1.807, 2.05) is 25.1 Å². The van der Waals surface area contributed by atoms with Crippen LogP contribution in [0.4, 0.5) is 0 Å². The molecule has 0 bridgehead atoms. The Kier molecular flexibility index (Phi) is 10.2. The van der Waals surface area contributed by atoms with Crippen molar-refractivity contribution in [3.63, 3.8) is 0 Å². The van der Waals surface area contributed by atoms with E-state index in [1.54, 1.807) is 30.3 Å². The van der Waals surface area contributed by atoms with Crippen molar-refractivity contribution in [3.8, 4) is 11.5 Å². The number of hydrogen-bond donors (Lipinski definition) is 0. The summed E-state index contributed by atoms with van der Waals surface area (Å²) in [6, 6.07) is 14.4. The molecule has 0 heterocycles. The molecule has 5 heteroatoms. The molecule has 5 nitrogen and oxygen atoms in total. The van der Waals surface area contributed by atoms with Gasteiger partial charge in [-0.25, -0.2) is 9.59 Å². The highest BCUT2D eigenvalue weighted by atomic mass is 16.5. The molecule has 160 valence electrons. The summed E-state index contributed by atoms with van der Waals surface area (Å²) in [5.41, 5.74) is 1.41. The Bertz CT molecular complexity index is 811. The van der Waals surface area contributed by atoms with Crippen LogP contribution in [-0.4, -0.2) is 25.2 Å². The molecule has 30 heavy (non-hydrogen) atoms. The third-order valence-electron chi connectivity index (χ3n) is 4.60. The van der Waals surface area contributed by atoms with E-state index in [0.29, 0.717) is 24.5 Å². The molecule has 0 aliphatic rings. The molecule has 0 aliphatic carbocycles. The maximum Gasteiger partial charge on any atom is 0.343 e. The number of carbonyl (C=O) groups excluding carboxylic acids is 2. The van der Waals surface area contributed by atoms with Crippen molar-refractivity contribution in [2.24, 2.45) is 0 Å².